The van der Waals surface area contributed by atoms with Gasteiger partial charge in [-0.05, 0) is 30.5 Å². The fourth-order valence-electron chi connectivity index (χ4n) is 1.96. The molecule has 0 N–H and O–H groups in total. The lowest BCUT2D eigenvalue weighted by Gasteiger charge is -2.22. The Morgan fingerprint density at radius 1 is 1.05 bits per heavy atom. The van der Waals surface area contributed by atoms with Crippen LogP contribution in [0.5, 0.6) is 0 Å². The van der Waals surface area contributed by atoms with Crippen molar-refractivity contribution < 1.29 is 4.79 Å². The summed E-state index contributed by atoms with van der Waals surface area (Å²) in [5.41, 5.74) is 1.07. The minimum Gasteiger partial charge on any atom is -0.342 e. The predicted molar refractivity (Wildman–Crippen MR) is 83.8 cm³/mol. The SMILES string of the molecule is CCCCN(CCCC)C(=O)Cc1ccc(S)cc1. The minimum atomic E-state index is 0.244. The molecule has 106 valence electrons. The van der Waals surface area contributed by atoms with Gasteiger partial charge in [-0.25, -0.2) is 0 Å². The molecule has 0 saturated carbocycles. The molecule has 0 unspecified atom stereocenters. The number of benzene rings is 1. The molecule has 3 heteroatoms. The van der Waals surface area contributed by atoms with Crippen molar-refractivity contribution in [1.29, 1.82) is 0 Å². The molecule has 0 saturated heterocycles. The van der Waals surface area contributed by atoms with Crippen LogP contribution in [0.4, 0.5) is 0 Å². The fraction of sp³-hybridized carbons (Fsp3) is 0.562. The molecule has 1 rings (SSSR count). The molecule has 0 bridgehead atoms. The minimum absolute atomic E-state index is 0.244. The molecular formula is C16H25NOS. The van der Waals surface area contributed by atoms with E-state index in [1.54, 1.807) is 0 Å². The van der Waals surface area contributed by atoms with E-state index < -0.39 is 0 Å². The zero-order valence-electron chi connectivity index (χ0n) is 12.1. The maximum atomic E-state index is 12.3. The number of amides is 1. The fourth-order valence-corrected chi connectivity index (χ4v) is 2.11. The van der Waals surface area contributed by atoms with Crippen molar-refractivity contribution in [3.05, 3.63) is 29.8 Å². The summed E-state index contributed by atoms with van der Waals surface area (Å²) in [4.78, 5) is 15.3. The van der Waals surface area contributed by atoms with Crippen molar-refractivity contribution in [2.24, 2.45) is 0 Å². The molecule has 0 spiro atoms. The van der Waals surface area contributed by atoms with Gasteiger partial charge in [0.05, 0.1) is 6.42 Å². The smallest absolute Gasteiger partial charge is 0.226 e. The van der Waals surface area contributed by atoms with Crippen molar-refractivity contribution in [1.82, 2.24) is 4.90 Å². The average Bonchev–Trinajstić information content (AvgIpc) is 2.41. The number of rotatable bonds is 8. The Balaban J connectivity index is 2.56. The summed E-state index contributed by atoms with van der Waals surface area (Å²) < 4.78 is 0. The van der Waals surface area contributed by atoms with E-state index in [0.717, 1.165) is 49.2 Å². The average molecular weight is 279 g/mol. The van der Waals surface area contributed by atoms with Crippen molar-refractivity contribution in [3.63, 3.8) is 0 Å². The lowest BCUT2D eigenvalue weighted by Crippen LogP contribution is -2.34. The first-order valence-electron chi connectivity index (χ1n) is 7.23. The molecule has 1 aromatic rings. The Morgan fingerprint density at radius 3 is 2.05 bits per heavy atom. The second kappa shape index (κ2) is 9.03. The van der Waals surface area contributed by atoms with E-state index in [0.29, 0.717) is 6.42 Å². The standard InChI is InChI=1S/C16H25NOS/c1-3-5-11-17(12-6-4-2)16(18)13-14-7-9-15(19)10-8-14/h7-10,19H,3-6,11-13H2,1-2H3. The van der Waals surface area contributed by atoms with Crippen LogP contribution in [0, 0.1) is 0 Å². The highest BCUT2D eigenvalue weighted by molar-refractivity contribution is 7.80. The predicted octanol–water partition coefficient (Wildman–Crippen LogP) is 3.95. The molecule has 1 aromatic carbocycles. The summed E-state index contributed by atoms with van der Waals surface area (Å²) in [7, 11) is 0. The third-order valence-electron chi connectivity index (χ3n) is 3.21. The van der Waals surface area contributed by atoms with Gasteiger partial charge in [-0.3, -0.25) is 4.79 Å². The number of nitrogens with zero attached hydrogens (tertiary/aromatic N) is 1. The van der Waals surface area contributed by atoms with Gasteiger partial charge in [-0.2, -0.15) is 0 Å². The van der Waals surface area contributed by atoms with E-state index >= 15 is 0 Å². The maximum Gasteiger partial charge on any atom is 0.226 e. The number of carbonyl (C=O) groups excluding carboxylic acids is 1. The highest BCUT2D eigenvalue weighted by Gasteiger charge is 2.12. The van der Waals surface area contributed by atoms with Crippen LogP contribution < -0.4 is 0 Å². The largest absolute Gasteiger partial charge is 0.342 e. The number of hydrogen-bond donors (Lipinski definition) is 1. The number of carbonyl (C=O) groups is 1. The molecule has 0 aliphatic carbocycles. The van der Waals surface area contributed by atoms with Crippen LogP contribution in [-0.2, 0) is 11.2 Å². The van der Waals surface area contributed by atoms with Gasteiger partial charge in [0.1, 0.15) is 0 Å². The van der Waals surface area contributed by atoms with Crippen molar-refractivity contribution in [2.45, 2.75) is 50.8 Å². The van der Waals surface area contributed by atoms with Crippen molar-refractivity contribution in [2.75, 3.05) is 13.1 Å². The van der Waals surface area contributed by atoms with Gasteiger partial charge in [0, 0.05) is 18.0 Å². The van der Waals surface area contributed by atoms with Gasteiger partial charge < -0.3 is 4.90 Å². The monoisotopic (exact) mass is 279 g/mol. The molecule has 0 heterocycles. The first kappa shape index (κ1) is 16.1. The lowest BCUT2D eigenvalue weighted by atomic mass is 10.1. The summed E-state index contributed by atoms with van der Waals surface area (Å²) in [5, 5.41) is 0. The second-order valence-electron chi connectivity index (χ2n) is 4.93. The van der Waals surface area contributed by atoms with Crippen LogP contribution in [0.15, 0.2) is 29.2 Å². The van der Waals surface area contributed by atoms with E-state index in [1.807, 2.05) is 29.2 Å². The highest BCUT2D eigenvalue weighted by atomic mass is 32.1. The third kappa shape index (κ3) is 6.15. The molecule has 19 heavy (non-hydrogen) atoms. The zero-order valence-corrected chi connectivity index (χ0v) is 13.0. The lowest BCUT2D eigenvalue weighted by molar-refractivity contribution is -0.130. The van der Waals surface area contributed by atoms with Gasteiger partial charge in [-0.1, -0.05) is 38.8 Å². The molecule has 0 aliphatic rings. The van der Waals surface area contributed by atoms with Crippen LogP contribution in [-0.4, -0.2) is 23.9 Å². The molecule has 1 amide bonds. The Bertz CT molecular complexity index is 367. The topological polar surface area (TPSA) is 20.3 Å². The Kier molecular flexibility index (Phi) is 7.65. The first-order chi connectivity index (χ1) is 9.17. The summed E-state index contributed by atoms with van der Waals surface area (Å²) in [6.45, 7) is 6.10. The molecule has 0 fully saturated rings. The number of hydrogen-bond acceptors (Lipinski definition) is 2. The third-order valence-corrected chi connectivity index (χ3v) is 3.51. The van der Waals surface area contributed by atoms with Crippen LogP contribution in [0.3, 0.4) is 0 Å². The van der Waals surface area contributed by atoms with Crippen LogP contribution in [0.25, 0.3) is 0 Å². The summed E-state index contributed by atoms with van der Waals surface area (Å²) >= 11 is 4.26. The molecule has 2 nitrogen and oxygen atoms in total. The van der Waals surface area contributed by atoms with Crippen LogP contribution in [0.2, 0.25) is 0 Å². The second-order valence-corrected chi connectivity index (χ2v) is 5.45. The number of thiol groups is 1. The van der Waals surface area contributed by atoms with Crippen LogP contribution >= 0.6 is 12.6 Å². The van der Waals surface area contributed by atoms with Gasteiger partial charge in [-0.15, -0.1) is 12.6 Å². The summed E-state index contributed by atoms with van der Waals surface area (Å²) in [5.74, 6) is 0.244. The molecular weight excluding hydrogens is 254 g/mol. The van der Waals surface area contributed by atoms with Crippen molar-refractivity contribution in [3.8, 4) is 0 Å². The molecule has 0 aliphatic heterocycles. The number of unbranched alkanes of at least 4 members (excludes halogenated alkanes) is 2. The van der Waals surface area contributed by atoms with Gasteiger partial charge >= 0.3 is 0 Å². The van der Waals surface area contributed by atoms with E-state index in [9.17, 15) is 4.79 Å². The highest BCUT2D eigenvalue weighted by Crippen LogP contribution is 2.10. The summed E-state index contributed by atoms with van der Waals surface area (Å²) in [6, 6.07) is 7.85. The maximum absolute atomic E-state index is 12.3. The Morgan fingerprint density at radius 2 is 1.58 bits per heavy atom. The van der Waals surface area contributed by atoms with E-state index in [4.69, 9.17) is 0 Å². The molecule has 0 aromatic heterocycles. The van der Waals surface area contributed by atoms with Crippen molar-refractivity contribution >= 4 is 18.5 Å². The van der Waals surface area contributed by atoms with Crippen LogP contribution in [0.1, 0.15) is 45.1 Å². The normalized spacial score (nSPS) is 10.5. The van der Waals surface area contributed by atoms with Gasteiger partial charge in [0.25, 0.3) is 0 Å². The Labute approximate surface area is 122 Å². The molecule has 0 radical (unpaired) electrons. The Hall–Kier alpha value is -0.960. The van der Waals surface area contributed by atoms with Gasteiger partial charge in [0.2, 0.25) is 5.91 Å². The van der Waals surface area contributed by atoms with E-state index in [1.165, 1.54) is 0 Å². The first-order valence-corrected chi connectivity index (χ1v) is 7.67. The molecule has 0 atom stereocenters. The quantitative estimate of drug-likeness (QED) is 0.715. The summed E-state index contributed by atoms with van der Waals surface area (Å²) in [6.07, 6.45) is 4.94. The van der Waals surface area contributed by atoms with E-state index in [-0.39, 0.29) is 5.91 Å². The van der Waals surface area contributed by atoms with E-state index in [2.05, 4.69) is 26.5 Å². The van der Waals surface area contributed by atoms with Gasteiger partial charge in [0.15, 0.2) is 0 Å². The zero-order chi connectivity index (χ0) is 14.1.